The SMILES string of the molecule is O=C(CCC(=O)OCC(O)COc1ccc(C(=O)c2ccccc2)cc1)OCCOC(=O)CCC(=O)OCC(O)COc1ccc(C(=O)c2ccccc2)cc1. The van der Waals surface area contributed by atoms with Crippen LogP contribution in [0.1, 0.15) is 57.5 Å². The molecule has 14 nitrogen and oxygen atoms in total. The largest absolute Gasteiger partial charge is 0.491 e. The van der Waals surface area contributed by atoms with Gasteiger partial charge in [-0.25, -0.2) is 0 Å². The number of aliphatic hydroxyl groups excluding tert-OH is 2. The fraction of sp³-hybridized carbons (Fsp3) is 0.286. The molecular weight excluding hydrogens is 728 g/mol. The molecule has 0 amide bonds. The summed E-state index contributed by atoms with van der Waals surface area (Å²) in [6.45, 7) is -1.66. The molecule has 0 aliphatic heterocycles. The van der Waals surface area contributed by atoms with Gasteiger partial charge in [-0.15, -0.1) is 0 Å². The Bertz CT molecular complexity index is 1740. The number of aliphatic hydroxyl groups is 2. The minimum Gasteiger partial charge on any atom is -0.491 e. The Morgan fingerprint density at radius 1 is 0.393 bits per heavy atom. The lowest BCUT2D eigenvalue weighted by Crippen LogP contribution is -2.25. The Kier molecular flexibility index (Phi) is 17.2. The molecule has 4 aromatic rings. The molecule has 14 heteroatoms. The zero-order valence-electron chi connectivity index (χ0n) is 30.4. The van der Waals surface area contributed by atoms with E-state index in [2.05, 4.69) is 0 Å². The number of benzene rings is 4. The summed E-state index contributed by atoms with van der Waals surface area (Å²) >= 11 is 0. The quantitative estimate of drug-likeness (QED) is 0.0474. The fourth-order valence-electron chi connectivity index (χ4n) is 4.78. The van der Waals surface area contributed by atoms with Gasteiger partial charge in [0.25, 0.3) is 0 Å². The summed E-state index contributed by atoms with van der Waals surface area (Å²) in [5.41, 5.74) is 2.07. The van der Waals surface area contributed by atoms with Gasteiger partial charge in [-0.2, -0.15) is 0 Å². The summed E-state index contributed by atoms with van der Waals surface area (Å²) in [7, 11) is 0. The van der Waals surface area contributed by atoms with Crippen molar-refractivity contribution in [3.63, 3.8) is 0 Å². The van der Waals surface area contributed by atoms with E-state index in [0.717, 1.165) is 0 Å². The predicted octanol–water partition coefficient (Wildman–Crippen LogP) is 4.06. The molecule has 2 unspecified atom stereocenters. The molecule has 2 N–H and O–H groups in total. The van der Waals surface area contributed by atoms with Crippen LogP contribution in [0.25, 0.3) is 0 Å². The van der Waals surface area contributed by atoms with Gasteiger partial charge < -0.3 is 38.6 Å². The van der Waals surface area contributed by atoms with Crippen LogP contribution in [0.3, 0.4) is 0 Å². The lowest BCUT2D eigenvalue weighted by molar-refractivity contribution is -0.156. The van der Waals surface area contributed by atoms with Crippen molar-refractivity contribution in [2.24, 2.45) is 0 Å². The van der Waals surface area contributed by atoms with Crippen molar-refractivity contribution in [1.29, 1.82) is 0 Å². The van der Waals surface area contributed by atoms with Crippen LogP contribution in [0.15, 0.2) is 109 Å². The van der Waals surface area contributed by atoms with Crippen LogP contribution in [0, 0.1) is 0 Å². The average Bonchev–Trinajstić information content (AvgIpc) is 3.23. The van der Waals surface area contributed by atoms with Crippen molar-refractivity contribution in [1.82, 2.24) is 0 Å². The zero-order chi connectivity index (χ0) is 40.1. The first-order chi connectivity index (χ1) is 27.1. The van der Waals surface area contributed by atoms with Gasteiger partial charge in [0.15, 0.2) is 11.6 Å². The molecule has 0 aromatic heterocycles. The van der Waals surface area contributed by atoms with E-state index in [1.54, 1.807) is 97.1 Å². The third-order valence-electron chi connectivity index (χ3n) is 7.74. The van der Waals surface area contributed by atoms with Crippen LogP contribution in [0.4, 0.5) is 0 Å². The van der Waals surface area contributed by atoms with E-state index in [-0.39, 0.29) is 76.9 Å². The maximum Gasteiger partial charge on any atom is 0.306 e. The number of carbonyl (C=O) groups excluding carboxylic acids is 6. The van der Waals surface area contributed by atoms with Gasteiger partial charge in [0, 0.05) is 22.3 Å². The van der Waals surface area contributed by atoms with Crippen LogP contribution < -0.4 is 9.47 Å². The van der Waals surface area contributed by atoms with E-state index in [1.807, 2.05) is 12.1 Å². The fourth-order valence-corrected chi connectivity index (χ4v) is 4.78. The van der Waals surface area contributed by atoms with Gasteiger partial charge in [-0.1, -0.05) is 60.7 Å². The number of hydrogen-bond acceptors (Lipinski definition) is 14. The van der Waals surface area contributed by atoms with E-state index in [9.17, 15) is 39.0 Å². The van der Waals surface area contributed by atoms with E-state index in [1.165, 1.54) is 0 Å². The minimum atomic E-state index is -1.14. The number of ether oxygens (including phenoxy) is 6. The van der Waals surface area contributed by atoms with E-state index < -0.39 is 36.1 Å². The number of hydrogen-bond donors (Lipinski definition) is 2. The highest BCUT2D eigenvalue weighted by molar-refractivity contribution is 6.09. The summed E-state index contributed by atoms with van der Waals surface area (Å²) in [5, 5.41) is 20.2. The molecule has 0 radical (unpaired) electrons. The topological polar surface area (TPSA) is 198 Å². The molecule has 56 heavy (non-hydrogen) atoms. The maximum atomic E-state index is 12.5. The van der Waals surface area contributed by atoms with Gasteiger partial charge in [-0.05, 0) is 48.5 Å². The van der Waals surface area contributed by atoms with Crippen LogP contribution in [-0.2, 0) is 38.1 Å². The summed E-state index contributed by atoms with van der Waals surface area (Å²) in [4.78, 5) is 72.8. The standard InChI is InChI=1S/C42H42O14/c43-33(25-53-35-15-11-31(12-16-35)41(49)29-7-3-1-4-8-29)27-55-39(47)21-19-37(45)51-23-24-52-38(46)20-22-40(48)56-28-34(44)26-54-36-17-13-32(14-18-36)42(50)30-9-5-2-6-10-30/h1-18,33-34,43-44H,19-28H2. The second-order valence-electron chi connectivity index (χ2n) is 12.2. The van der Waals surface area contributed by atoms with Gasteiger partial charge in [-0.3, -0.25) is 28.8 Å². The molecule has 0 aliphatic carbocycles. The highest BCUT2D eigenvalue weighted by Gasteiger charge is 2.16. The van der Waals surface area contributed by atoms with Crippen molar-refractivity contribution >= 4 is 35.4 Å². The molecule has 0 saturated heterocycles. The summed E-state index contributed by atoms with van der Waals surface area (Å²) in [5.74, 6) is -2.42. The number of carbonyl (C=O) groups is 6. The Labute approximate surface area is 322 Å². The first kappa shape index (κ1) is 42.4. The lowest BCUT2D eigenvalue weighted by atomic mass is 10.0. The average molecular weight is 771 g/mol. The number of rotatable bonds is 23. The Balaban J connectivity index is 0.974. The second-order valence-corrected chi connectivity index (χ2v) is 12.2. The van der Waals surface area contributed by atoms with Crippen molar-refractivity contribution in [3.8, 4) is 11.5 Å². The number of esters is 4. The van der Waals surface area contributed by atoms with Crippen molar-refractivity contribution in [2.45, 2.75) is 37.9 Å². The van der Waals surface area contributed by atoms with Crippen molar-refractivity contribution < 1.29 is 67.4 Å². The molecule has 4 aromatic carbocycles. The monoisotopic (exact) mass is 770 g/mol. The Morgan fingerprint density at radius 3 is 1.04 bits per heavy atom. The van der Waals surface area contributed by atoms with Crippen LogP contribution >= 0.6 is 0 Å². The highest BCUT2D eigenvalue weighted by atomic mass is 16.6. The van der Waals surface area contributed by atoms with E-state index >= 15 is 0 Å². The molecular formula is C42H42O14. The summed E-state index contributed by atoms with van der Waals surface area (Å²) in [6, 6.07) is 30.4. The van der Waals surface area contributed by atoms with Gasteiger partial charge >= 0.3 is 23.9 Å². The molecule has 0 bridgehead atoms. The van der Waals surface area contributed by atoms with Gasteiger partial charge in [0.2, 0.25) is 0 Å². The first-order valence-electron chi connectivity index (χ1n) is 17.7. The minimum absolute atomic E-state index is 0.136. The molecule has 0 spiro atoms. The molecule has 0 saturated carbocycles. The smallest absolute Gasteiger partial charge is 0.306 e. The molecule has 294 valence electrons. The third-order valence-corrected chi connectivity index (χ3v) is 7.74. The normalized spacial score (nSPS) is 11.7. The molecule has 4 rings (SSSR count). The first-order valence-corrected chi connectivity index (χ1v) is 17.7. The van der Waals surface area contributed by atoms with Crippen LogP contribution in [0.5, 0.6) is 11.5 Å². The maximum absolute atomic E-state index is 12.5. The van der Waals surface area contributed by atoms with Crippen molar-refractivity contribution in [3.05, 3.63) is 131 Å². The Morgan fingerprint density at radius 2 is 0.696 bits per heavy atom. The number of ketones is 2. The van der Waals surface area contributed by atoms with E-state index in [4.69, 9.17) is 28.4 Å². The van der Waals surface area contributed by atoms with Gasteiger partial charge in [0.1, 0.15) is 63.3 Å². The van der Waals surface area contributed by atoms with Gasteiger partial charge in [0.05, 0.1) is 25.7 Å². The van der Waals surface area contributed by atoms with Crippen LogP contribution in [-0.4, -0.2) is 97.5 Å². The molecule has 2 atom stereocenters. The van der Waals surface area contributed by atoms with Crippen molar-refractivity contribution in [2.75, 3.05) is 39.6 Å². The summed E-state index contributed by atoms with van der Waals surface area (Å²) < 4.78 is 30.8. The molecule has 0 aliphatic rings. The predicted molar refractivity (Wildman–Crippen MR) is 198 cm³/mol. The third kappa shape index (κ3) is 15.2. The Hall–Kier alpha value is -6.38. The molecule has 0 heterocycles. The van der Waals surface area contributed by atoms with Crippen LogP contribution in [0.2, 0.25) is 0 Å². The van der Waals surface area contributed by atoms with E-state index in [0.29, 0.717) is 33.8 Å². The highest BCUT2D eigenvalue weighted by Crippen LogP contribution is 2.17. The summed E-state index contributed by atoms with van der Waals surface area (Å²) in [6.07, 6.45) is -3.52. The second kappa shape index (κ2) is 22.7. The lowest BCUT2D eigenvalue weighted by Gasteiger charge is -2.13. The zero-order valence-corrected chi connectivity index (χ0v) is 30.4. The molecule has 0 fully saturated rings.